The summed E-state index contributed by atoms with van der Waals surface area (Å²) in [7, 11) is 0. The molecule has 0 saturated heterocycles. The second kappa shape index (κ2) is 8.88. The topological polar surface area (TPSA) is 65.5 Å². The van der Waals surface area contributed by atoms with Gasteiger partial charge in [-0.15, -0.1) is 0 Å². The van der Waals surface area contributed by atoms with Crippen molar-refractivity contribution < 1.29 is 19.1 Å². The Morgan fingerprint density at radius 3 is 2.17 bits per heavy atom. The van der Waals surface area contributed by atoms with Gasteiger partial charge in [-0.05, 0) is 68.4 Å². The Labute approximate surface area is 174 Å². The summed E-state index contributed by atoms with van der Waals surface area (Å²) >= 11 is 5.86. The first-order chi connectivity index (χ1) is 13.8. The number of esters is 1. The Morgan fingerprint density at radius 1 is 0.966 bits per heavy atom. The molecule has 0 saturated carbocycles. The minimum absolute atomic E-state index is 0.119. The lowest BCUT2D eigenvalue weighted by Crippen LogP contribution is -2.39. The fourth-order valence-electron chi connectivity index (χ4n) is 2.58. The Kier molecular flexibility index (Phi) is 6.29. The van der Waals surface area contributed by atoms with Gasteiger partial charge in [0.15, 0.2) is 11.4 Å². The van der Waals surface area contributed by atoms with Crippen molar-refractivity contribution in [2.75, 3.05) is 0 Å². The van der Waals surface area contributed by atoms with Crippen LogP contribution in [0.4, 0.5) is 0 Å². The maximum atomic E-state index is 12.5. The molecule has 0 atom stereocenters. The standard InChI is InChI=1S/C23H20ClNO4/c1-23(2,22(27)28-15-16-4-3-13-25-14-16)29-20-11-7-18(8-12-20)21(26)17-5-9-19(24)10-6-17/h3-14H,15H2,1-2H3. The number of ether oxygens (including phenoxy) is 2. The molecule has 2 aromatic carbocycles. The number of carbonyl (C=O) groups is 2. The zero-order chi connectivity index (χ0) is 20.9. The van der Waals surface area contributed by atoms with Crippen molar-refractivity contribution in [3.8, 4) is 5.75 Å². The van der Waals surface area contributed by atoms with E-state index in [0.717, 1.165) is 5.56 Å². The third kappa shape index (κ3) is 5.42. The molecule has 1 heterocycles. The van der Waals surface area contributed by atoms with Gasteiger partial charge in [-0.2, -0.15) is 0 Å². The third-order valence-corrected chi connectivity index (χ3v) is 4.43. The normalized spacial score (nSPS) is 11.0. The molecule has 6 heteroatoms. The smallest absolute Gasteiger partial charge is 0.350 e. The van der Waals surface area contributed by atoms with E-state index < -0.39 is 11.6 Å². The molecule has 3 rings (SSSR count). The number of pyridine rings is 1. The molecule has 0 aliphatic rings. The highest BCUT2D eigenvalue weighted by molar-refractivity contribution is 6.30. The van der Waals surface area contributed by atoms with Gasteiger partial charge in [-0.3, -0.25) is 9.78 Å². The van der Waals surface area contributed by atoms with Crippen LogP contribution in [0.25, 0.3) is 0 Å². The maximum Gasteiger partial charge on any atom is 0.350 e. The SMILES string of the molecule is CC(C)(Oc1ccc(C(=O)c2ccc(Cl)cc2)cc1)C(=O)OCc1cccnc1. The molecular weight excluding hydrogens is 390 g/mol. The van der Waals surface area contributed by atoms with E-state index in [-0.39, 0.29) is 12.4 Å². The lowest BCUT2D eigenvalue weighted by molar-refractivity contribution is -0.160. The largest absolute Gasteiger partial charge is 0.476 e. The molecule has 0 spiro atoms. The second-order valence-corrected chi connectivity index (χ2v) is 7.35. The van der Waals surface area contributed by atoms with Crippen molar-refractivity contribution >= 4 is 23.4 Å². The number of ketones is 1. The second-order valence-electron chi connectivity index (χ2n) is 6.91. The van der Waals surface area contributed by atoms with Crippen LogP contribution in [-0.2, 0) is 16.1 Å². The summed E-state index contributed by atoms with van der Waals surface area (Å²) in [5.74, 6) is -0.160. The van der Waals surface area contributed by atoms with Gasteiger partial charge in [0, 0.05) is 34.1 Å². The molecular formula is C23H20ClNO4. The number of carbonyl (C=O) groups excluding carboxylic acids is 2. The van der Waals surface area contributed by atoms with E-state index in [1.807, 2.05) is 6.07 Å². The zero-order valence-electron chi connectivity index (χ0n) is 16.1. The molecule has 5 nitrogen and oxygen atoms in total. The van der Waals surface area contributed by atoms with Gasteiger partial charge in [0.25, 0.3) is 0 Å². The van der Waals surface area contributed by atoms with Crippen LogP contribution >= 0.6 is 11.6 Å². The fraction of sp³-hybridized carbons (Fsp3) is 0.174. The van der Waals surface area contributed by atoms with Crippen molar-refractivity contribution in [3.63, 3.8) is 0 Å². The van der Waals surface area contributed by atoms with E-state index in [2.05, 4.69) is 4.98 Å². The average molecular weight is 410 g/mol. The summed E-state index contributed by atoms with van der Waals surface area (Å²) < 4.78 is 11.1. The van der Waals surface area contributed by atoms with Crippen LogP contribution in [0.3, 0.4) is 0 Å². The molecule has 1 aromatic heterocycles. The molecule has 148 valence electrons. The van der Waals surface area contributed by atoms with Crippen LogP contribution < -0.4 is 4.74 Å². The van der Waals surface area contributed by atoms with Crippen LogP contribution in [0.1, 0.15) is 35.3 Å². The van der Waals surface area contributed by atoms with Crippen molar-refractivity contribution in [3.05, 3.63) is 94.8 Å². The van der Waals surface area contributed by atoms with Gasteiger partial charge in [-0.1, -0.05) is 17.7 Å². The predicted molar refractivity (Wildman–Crippen MR) is 110 cm³/mol. The number of hydrogen-bond acceptors (Lipinski definition) is 5. The number of hydrogen-bond donors (Lipinski definition) is 0. The molecule has 0 aliphatic carbocycles. The Hall–Kier alpha value is -3.18. The van der Waals surface area contributed by atoms with E-state index in [1.54, 1.807) is 80.8 Å². The van der Waals surface area contributed by atoms with Crippen LogP contribution in [0.2, 0.25) is 5.02 Å². The first-order valence-electron chi connectivity index (χ1n) is 9.00. The highest BCUT2D eigenvalue weighted by Crippen LogP contribution is 2.22. The molecule has 29 heavy (non-hydrogen) atoms. The fourth-order valence-corrected chi connectivity index (χ4v) is 2.71. The number of halogens is 1. The molecule has 0 radical (unpaired) electrons. The van der Waals surface area contributed by atoms with E-state index in [4.69, 9.17) is 21.1 Å². The molecule has 0 amide bonds. The van der Waals surface area contributed by atoms with Gasteiger partial charge in [-0.25, -0.2) is 4.79 Å². The van der Waals surface area contributed by atoms with Crippen LogP contribution in [0.15, 0.2) is 73.1 Å². The Bertz CT molecular complexity index is 984. The first kappa shape index (κ1) is 20.6. The lowest BCUT2D eigenvalue weighted by Gasteiger charge is -2.24. The van der Waals surface area contributed by atoms with E-state index in [0.29, 0.717) is 21.9 Å². The lowest BCUT2D eigenvalue weighted by atomic mass is 10.0. The quantitative estimate of drug-likeness (QED) is 0.411. The van der Waals surface area contributed by atoms with Crippen LogP contribution in [-0.4, -0.2) is 22.3 Å². The zero-order valence-corrected chi connectivity index (χ0v) is 16.8. The Morgan fingerprint density at radius 2 is 1.59 bits per heavy atom. The number of benzene rings is 2. The summed E-state index contributed by atoms with van der Waals surface area (Å²) in [4.78, 5) is 28.9. The highest BCUT2D eigenvalue weighted by atomic mass is 35.5. The summed E-state index contributed by atoms with van der Waals surface area (Å²) in [6.07, 6.45) is 3.29. The van der Waals surface area contributed by atoms with E-state index in [1.165, 1.54) is 0 Å². The minimum atomic E-state index is -1.19. The average Bonchev–Trinajstić information content (AvgIpc) is 2.73. The summed E-state index contributed by atoms with van der Waals surface area (Å²) in [5, 5.41) is 0.572. The monoisotopic (exact) mass is 409 g/mol. The summed E-state index contributed by atoms with van der Waals surface area (Å²) in [5.41, 5.74) is 0.657. The Balaban J connectivity index is 1.62. The first-order valence-corrected chi connectivity index (χ1v) is 9.38. The number of nitrogens with zero attached hydrogens (tertiary/aromatic N) is 1. The van der Waals surface area contributed by atoms with Crippen molar-refractivity contribution in [1.82, 2.24) is 4.98 Å². The van der Waals surface area contributed by atoms with E-state index in [9.17, 15) is 9.59 Å². The van der Waals surface area contributed by atoms with Crippen molar-refractivity contribution in [2.45, 2.75) is 26.1 Å². The molecule has 0 bridgehead atoms. The van der Waals surface area contributed by atoms with Gasteiger partial charge in [0.2, 0.25) is 0 Å². The third-order valence-electron chi connectivity index (χ3n) is 4.18. The highest BCUT2D eigenvalue weighted by Gasteiger charge is 2.32. The number of rotatable bonds is 7. The molecule has 0 aliphatic heterocycles. The van der Waals surface area contributed by atoms with Crippen LogP contribution in [0, 0.1) is 0 Å². The van der Waals surface area contributed by atoms with Gasteiger partial charge >= 0.3 is 5.97 Å². The van der Waals surface area contributed by atoms with Crippen molar-refractivity contribution in [1.29, 1.82) is 0 Å². The van der Waals surface area contributed by atoms with Crippen molar-refractivity contribution in [2.24, 2.45) is 0 Å². The maximum absolute atomic E-state index is 12.5. The predicted octanol–water partition coefficient (Wildman–Crippen LogP) is 4.87. The van der Waals surface area contributed by atoms with Gasteiger partial charge in [0.05, 0.1) is 0 Å². The van der Waals surface area contributed by atoms with Gasteiger partial charge < -0.3 is 9.47 Å². The molecule has 0 fully saturated rings. The molecule has 0 N–H and O–H groups in total. The minimum Gasteiger partial charge on any atom is -0.476 e. The molecule has 0 unspecified atom stereocenters. The molecule has 3 aromatic rings. The van der Waals surface area contributed by atoms with Crippen LogP contribution in [0.5, 0.6) is 5.75 Å². The summed E-state index contributed by atoms with van der Waals surface area (Å²) in [6.45, 7) is 3.38. The summed E-state index contributed by atoms with van der Waals surface area (Å²) in [6, 6.07) is 16.9. The van der Waals surface area contributed by atoms with Gasteiger partial charge in [0.1, 0.15) is 12.4 Å². The van der Waals surface area contributed by atoms with E-state index >= 15 is 0 Å². The number of aromatic nitrogens is 1.